The van der Waals surface area contributed by atoms with Crippen LogP contribution in [-0.2, 0) is 0 Å². The SMILES string of the molecule is CC(C)(C)NCC(F)c1ccc(Cl)s1. The summed E-state index contributed by atoms with van der Waals surface area (Å²) in [6, 6.07) is 3.47. The summed E-state index contributed by atoms with van der Waals surface area (Å²) >= 11 is 7.02. The molecule has 1 aromatic rings. The van der Waals surface area contributed by atoms with Crippen LogP contribution in [0.25, 0.3) is 0 Å². The number of thiophene rings is 1. The molecule has 0 aliphatic carbocycles. The number of halogens is 2. The van der Waals surface area contributed by atoms with Gasteiger partial charge in [0.15, 0.2) is 0 Å². The number of hydrogen-bond donors (Lipinski definition) is 1. The van der Waals surface area contributed by atoms with Crippen LogP contribution in [0.2, 0.25) is 4.34 Å². The molecule has 1 N–H and O–H groups in total. The molecule has 0 bridgehead atoms. The lowest BCUT2D eigenvalue weighted by atomic mass is 10.1. The number of nitrogens with one attached hydrogen (secondary N) is 1. The molecular formula is C10H15ClFNS. The van der Waals surface area contributed by atoms with Gasteiger partial charge in [0, 0.05) is 17.0 Å². The highest BCUT2D eigenvalue weighted by Gasteiger charge is 2.16. The predicted octanol–water partition coefficient (Wildman–Crippen LogP) is 3.80. The van der Waals surface area contributed by atoms with Crippen molar-refractivity contribution in [3.63, 3.8) is 0 Å². The van der Waals surface area contributed by atoms with Crippen molar-refractivity contribution >= 4 is 22.9 Å². The molecule has 1 rings (SSSR count). The average molecular weight is 236 g/mol. The minimum absolute atomic E-state index is 0.0502. The molecule has 14 heavy (non-hydrogen) atoms. The fourth-order valence-electron chi connectivity index (χ4n) is 0.993. The molecule has 1 unspecified atom stereocenters. The first-order chi connectivity index (χ1) is 6.38. The van der Waals surface area contributed by atoms with E-state index < -0.39 is 6.17 Å². The Balaban J connectivity index is 2.47. The van der Waals surface area contributed by atoms with Gasteiger partial charge < -0.3 is 5.32 Å². The fourth-order valence-corrected chi connectivity index (χ4v) is 2.03. The second-order valence-electron chi connectivity index (χ2n) is 4.24. The van der Waals surface area contributed by atoms with E-state index in [0.717, 1.165) is 0 Å². The maximum Gasteiger partial charge on any atom is 0.147 e. The van der Waals surface area contributed by atoms with Crippen LogP contribution in [-0.4, -0.2) is 12.1 Å². The maximum absolute atomic E-state index is 13.6. The Hall–Kier alpha value is -0.120. The van der Waals surface area contributed by atoms with Crippen LogP contribution in [0, 0.1) is 0 Å². The zero-order valence-corrected chi connectivity index (χ0v) is 10.2. The zero-order valence-electron chi connectivity index (χ0n) is 8.60. The minimum Gasteiger partial charge on any atom is -0.309 e. The van der Waals surface area contributed by atoms with Crippen molar-refractivity contribution in [2.75, 3.05) is 6.54 Å². The van der Waals surface area contributed by atoms with Crippen LogP contribution in [0.1, 0.15) is 31.8 Å². The molecule has 0 amide bonds. The average Bonchev–Trinajstić information content (AvgIpc) is 2.46. The van der Waals surface area contributed by atoms with Gasteiger partial charge in [-0.25, -0.2) is 4.39 Å². The number of hydrogen-bond acceptors (Lipinski definition) is 2. The van der Waals surface area contributed by atoms with Crippen molar-refractivity contribution in [2.45, 2.75) is 32.5 Å². The summed E-state index contributed by atoms with van der Waals surface area (Å²) in [5.74, 6) is 0. The van der Waals surface area contributed by atoms with Gasteiger partial charge in [0.2, 0.25) is 0 Å². The second-order valence-corrected chi connectivity index (χ2v) is 5.99. The van der Waals surface area contributed by atoms with Crippen LogP contribution in [0.3, 0.4) is 0 Å². The zero-order chi connectivity index (χ0) is 10.8. The molecule has 0 aliphatic rings. The normalized spacial score (nSPS) is 14.4. The molecule has 0 fully saturated rings. The summed E-state index contributed by atoms with van der Waals surface area (Å²) in [5.41, 5.74) is -0.0502. The fraction of sp³-hybridized carbons (Fsp3) is 0.600. The standard InChI is InChI=1S/C10H15ClFNS/c1-10(2,3)13-6-7(12)8-4-5-9(11)14-8/h4-5,7,13H,6H2,1-3H3. The van der Waals surface area contributed by atoms with Gasteiger partial charge in [-0.15, -0.1) is 11.3 Å². The van der Waals surface area contributed by atoms with Crippen molar-refractivity contribution in [3.05, 3.63) is 21.3 Å². The molecule has 1 atom stereocenters. The Kier molecular flexibility index (Phi) is 3.93. The second kappa shape index (κ2) is 4.60. The monoisotopic (exact) mass is 235 g/mol. The van der Waals surface area contributed by atoms with Crippen LogP contribution in [0.15, 0.2) is 12.1 Å². The van der Waals surface area contributed by atoms with Gasteiger partial charge in [-0.1, -0.05) is 11.6 Å². The smallest absolute Gasteiger partial charge is 0.147 e. The van der Waals surface area contributed by atoms with Gasteiger partial charge in [0.05, 0.1) is 4.34 Å². The Morgan fingerprint density at radius 2 is 2.14 bits per heavy atom. The van der Waals surface area contributed by atoms with E-state index in [-0.39, 0.29) is 5.54 Å². The number of alkyl halides is 1. The van der Waals surface area contributed by atoms with Crippen molar-refractivity contribution < 1.29 is 4.39 Å². The molecular weight excluding hydrogens is 221 g/mol. The van der Waals surface area contributed by atoms with Gasteiger partial charge in [-0.3, -0.25) is 0 Å². The van der Waals surface area contributed by atoms with E-state index in [1.807, 2.05) is 20.8 Å². The topological polar surface area (TPSA) is 12.0 Å². The van der Waals surface area contributed by atoms with Gasteiger partial charge in [0.1, 0.15) is 6.17 Å². The predicted molar refractivity (Wildman–Crippen MR) is 60.9 cm³/mol. The molecule has 1 heterocycles. The molecule has 4 heteroatoms. The van der Waals surface area contributed by atoms with E-state index in [0.29, 0.717) is 15.8 Å². The summed E-state index contributed by atoms with van der Waals surface area (Å²) < 4.78 is 14.2. The van der Waals surface area contributed by atoms with Gasteiger partial charge in [0.25, 0.3) is 0 Å². The van der Waals surface area contributed by atoms with Crippen molar-refractivity contribution in [3.8, 4) is 0 Å². The van der Waals surface area contributed by atoms with E-state index in [2.05, 4.69) is 5.32 Å². The van der Waals surface area contributed by atoms with Gasteiger partial charge in [-0.2, -0.15) is 0 Å². The third kappa shape index (κ3) is 3.95. The first kappa shape index (κ1) is 12.0. The highest BCUT2D eigenvalue weighted by Crippen LogP contribution is 2.28. The van der Waals surface area contributed by atoms with Crippen LogP contribution in [0.4, 0.5) is 4.39 Å². The minimum atomic E-state index is -0.966. The highest BCUT2D eigenvalue weighted by molar-refractivity contribution is 7.16. The molecule has 0 aliphatic heterocycles. The van der Waals surface area contributed by atoms with E-state index in [1.54, 1.807) is 12.1 Å². The molecule has 0 saturated heterocycles. The maximum atomic E-state index is 13.6. The Morgan fingerprint density at radius 1 is 1.50 bits per heavy atom. The van der Waals surface area contributed by atoms with Crippen LogP contribution in [0.5, 0.6) is 0 Å². The molecule has 0 radical (unpaired) electrons. The van der Waals surface area contributed by atoms with Crippen molar-refractivity contribution in [1.82, 2.24) is 5.32 Å². The summed E-state index contributed by atoms with van der Waals surface area (Å²) in [6.45, 7) is 6.38. The summed E-state index contributed by atoms with van der Waals surface area (Å²) in [6.07, 6.45) is -0.966. The van der Waals surface area contributed by atoms with E-state index in [9.17, 15) is 4.39 Å². The quantitative estimate of drug-likeness (QED) is 0.841. The molecule has 0 aromatic carbocycles. The molecule has 0 saturated carbocycles. The molecule has 0 spiro atoms. The Morgan fingerprint density at radius 3 is 2.57 bits per heavy atom. The van der Waals surface area contributed by atoms with Crippen LogP contribution < -0.4 is 5.32 Å². The van der Waals surface area contributed by atoms with Crippen LogP contribution >= 0.6 is 22.9 Å². The molecule has 1 aromatic heterocycles. The lowest BCUT2D eigenvalue weighted by molar-refractivity contribution is 0.295. The van der Waals surface area contributed by atoms with Crippen molar-refractivity contribution in [2.24, 2.45) is 0 Å². The lowest BCUT2D eigenvalue weighted by Gasteiger charge is -2.21. The first-order valence-corrected chi connectivity index (χ1v) is 5.72. The lowest BCUT2D eigenvalue weighted by Crippen LogP contribution is -2.37. The van der Waals surface area contributed by atoms with E-state index >= 15 is 0 Å². The largest absolute Gasteiger partial charge is 0.309 e. The van der Waals surface area contributed by atoms with E-state index in [4.69, 9.17) is 11.6 Å². The molecule has 1 nitrogen and oxygen atoms in total. The van der Waals surface area contributed by atoms with Gasteiger partial charge >= 0.3 is 0 Å². The summed E-state index contributed by atoms with van der Waals surface area (Å²) in [4.78, 5) is 0.687. The number of rotatable bonds is 3. The van der Waals surface area contributed by atoms with Gasteiger partial charge in [-0.05, 0) is 32.9 Å². The molecule has 80 valence electrons. The summed E-state index contributed by atoms with van der Waals surface area (Å²) in [7, 11) is 0. The Bertz CT molecular complexity index is 293. The third-order valence-electron chi connectivity index (χ3n) is 1.71. The summed E-state index contributed by atoms with van der Waals surface area (Å²) in [5, 5.41) is 3.12. The first-order valence-electron chi connectivity index (χ1n) is 4.53. The highest BCUT2D eigenvalue weighted by atomic mass is 35.5. The third-order valence-corrected chi connectivity index (χ3v) is 3.03. The van der Waals surface area contributed by atoms with Crippen molar-refractivity contribution in [1.29, 1.82) is 0 Å². The Labute approximate surface area is 93.3 Å². The van der Waals surface area contributed by atoms with E-state index in [1.165, 1.54) is 11.3 Å².